The molecule has 0 aliphatic rings. The van der Waals surface area contributed by atoms with Gasteiger partial charge in [0.05, 0.1) is 7.11 Å². The highest BCUT2D eigenvalue weighted by molar-refractivity contribution is 9.10. The van der Waals surface area contributed by atoms with Gasteiger partial charge in [-0.1, -0.05) is 34.1 Å². The van der Waals surface area contributed by atoms with Crippen LogP contribution in [-0.2, 0) is 21.5 Å². The molecule has 1 aromatic rings. The van der Waals surface area contributed by atoms with E-state index < -0.39 is 16.3 Å². The Labute approximate surface area is 108 Å². The molecule has 8 heteroatoms. The number of benzene rings is 1. The van der Waals surface area contributed by atoms with Crippen molar-refractivity contribution in [2.75, 3.05) is 7.11 Å². The van der Waals surface area contributed by atoms with Crippen molar-refractivity contribution in [3.05, 3.63) is 34.3 Å². The molecule has 0 fully saturated rings. The van der Waals surface area contributed by atoms with Crippen LogP contribution in [0.3, 0.4) is 0 Å². The third-order valence-corrected chi connectivity index (χ3v) is 3.55. The molecular weight excluding hydrogens is 312 g/mol. The van der Waals surface area contributed by atoms with E-state index in [0.29, 0.717) is 0 Å². The number of halogens is 1. The molecule has 1 amide bonds. The molecule has 94 valence electrons. The van der Waals surface area contributed by atoms with Gasteiger partial charge in [0, 0.05) is 11.0 Å². The number of methoxy groups -OCH3 is 1. The van der Waals surface area contributed by atoms with Crippen molar-refractivity contribution in [2.45, 2.75) is 6.54 Å². The number of carbonyl (C=O) groups is 1. The SMILES string of the molecule is COC(=O)NS(=O)(=O)NCc1ccccc1Br. The van der Waals surface area contributed by atoms with Gasteiger partial charge in [-0.2, -0.15) is 13.1 Å². The fourth-order valence-corrected chi connectivity index (χ4v) is 2.15. The maximum absolute atomic E-state index is 11.3. The Hall–Kier alpha value is -1.12. The number of amides is 1. The summed E-state index contributed by atoms with van der Waals surface area (Å²) in [5, 5.41) is 0. The molecule has 0 saturated heterocycles. The molecule has 0 aromatic heterocycles. The summed E-state index contributed by atoms with van der Waals surface area (Å²) in [4.78, 5) is 10.7. The zero-order valence-corrected chi connectivity index (χ0v) is 11.3. The molecule has 0 bridgehead atoms. The lowest BCUT2D eigenvalue weighted by atomic mass is 10.2. The number of rotatable bonds is 4. The van der Waals surface area contributed by atoms with Crippen molar-refractivity contribution in [3.8, 4) is 0 Å². The molecule has 0 atom stereocenters. The van der Waals surface area contributed by atoms with E-state index in [2.05, 4.69) is 25.4 Å². The summed E-state index contributed by atoms with van der Waals surface area (Å²) in [6.45, 7) is 0.0632. The van der Waals surface area contributed by atoms with Crippen molar-refractivity contribution in [1.82, 2.24) is 9.44 Å². The third-order valence-electron chi connectivity index (χ3n) is 1.81. The number of hydrogen-bond donors (Lipinski definition) is 2. The van der Waals surface area contributed by atoms with Gasteiger partial charge in [-0.05, 0) is 11.6 Å². The third kappa shape index (κ3) is 4.72. The van der Waals surface area contributed by atoms with Gasteiger partial charge < -0.3 is 4.74 Å². The minimum Gasteiger partial charge on any atom is -0.452 e. The molecule has 0 aliphatic heterocycles. The van der Waals surface area contributed by atoms with E-state index in [-0.39, 0.29) is 6.54 Å². The molecule has 0 aliphatic carbocycles. The van der Waals surface area contributed by atoms with E-state index in [1.165, 1.54) is 0 Å². The highest BCUT2D eigenvalue weighted by Gasteiger charge is 2.14. The van der Waals surface area contributed by atoms with Gasteiger partial charge in [0.2, 0.25) is 0 Å². The standard InChI is InChI=1S/C9H11BrN2O4S/c1-16-9(13)12-17(14,15)11-6-7-4-2-3-5-8(7)10/h2-5,11H,6H2,1H3,(H,12,13). The van der Waals surface area contributed by atoms with Gasteiger partial charge in [0.15, 0.2) is 0 Å². The minimum atomic E-state index is -3.90. The lowest BCUT2D eigenvalue weighted by Gasteiger charge is -2.08. The first-order valence-electron chi connectivity index (χ1n) is 4.53. The van der Waals surface area contributed by atoms with Crippen LogP contribution in [0.1, 0.15) is 5.56 Å². The van der Waals surface area contributed by atoms with Crippen molar-refractivity contribution in [2.24, 2.45) is 0 Å². The second kappa shape index (κ2) is 5.99. The first-order chi connectivity index (χ1) is 7.94. The second-order valence-corrected chi connectivity index (χ2v) is 5.36. The maximum atomic E-state index is 11.3. The Morgan fingerprint density at radius 1 is 1.41 bits per heavy atom. The van der Waals surface area contributed by atoms with Gasteiger partial charge in [0.25, 0.3) is 0 Å². The predicted molar refractivity (Wildman–Crippen MR) is 65.4 cm³/mol. The van der Waals surface area contributed by atoms with Crippen LogP contribution in [0.5, 0.6) is 0 Å². The summed E-state index contributed by atoms with van der Waals surface area (Å²) < 4.78 is 31.5. The Bertz CT molecular complexity index is 503. The lowest BCUT2D eigenvalue weighted by molar-refractivity contribution is 0.177. The van der Waals surface area contributed by atoms with Crippen LogP contribution in [-0.4, -0.2) is 21.6 Å². The van der Waals surface area contributed by atoms with Crippen LogP contribution in [0.2, 0.25) is 0 Å². The van der Waals surface area contributed by atoms with Crippen LogP contribution in [0, 0.1) is 0 Å². The largest absolute Gasteiger partial charge is 0.452 e. The van der Waals surface area contributed by atoms with E-state index in [4.69, 9.17) is 0 Å². The van der Waals surface area contributed by atoms with Gasteiger partial charge >= 0.3 is 16.3 Å². The highest BCUT2D eigenvalue weighted by Crippen LogP contribution is 2.15. The van der Waals surface area contributed by atoms with E-state index in [1.807, 2.05) is 6.07 Å². The summed E-state index contributed by atoms with van der Waals surface area (Å²) >= 11 is 3.28. The predicted octanol–water partition coefficient (Wildman–Crippen LogP) is 1.14. The average molecular weight is 323 g/mol. The Morgan fingerprint density at radius 3 is 2.65 bits per heavy atom. The van der Waals surface area contributed by atoms with Crippen molar-refractivity contribution in [1.29, 1.82) is 0 Å². The molecule has 17 heavy (non-hydrogen) atoms. The van der Waals surface area contributed by atoms with Gasteiger partial charge in [0.1, 0.15) is 0 Å². The van der Waals surface area contributed by atoms with Crippen LogP contribution >= 0.6 is 15.9 Å². The molecule has 1 aromatic carbocycles. The molecule has 0 unspecified atom stereocenters. The van der Waals surface area contributed by atoms with Gasteiger partial charge in [-0.25, -0.2) is 9.52 Å². The minimum absolute atomic E-state index is 0.0632. The molecular formula is C9H11BrN2O4S. The van der Waals surface area contributed by atoms with E-state index >= 15 is 0 Å². The number of nitrogens with one attached hydrogen (secondary N) is 2. The zero-order valence-electron chi connectivity index (χ0n) is 8.94. The van der Waals surface area contributed by atoms with Crippen molar-refractivity contribution < 1.29 is 17.9 Å². The molecule has 0 spiro atoms. The summed E-state index contributed by atoms with van der Waals surface area (Å²) in [6, 6.07) is 7.14. The van der Waals surface area contributed by atoms with Gasteiger partial charge in [-0.15, -0.1) is 0 Å². The maximum Gasteiger partial charge on any atom is 0.421 e. The quantitative estimate of drug-likeness (QED) is 0.870. The first-order valence-corrected chi connectivity index (χ1v) is 6.81. The van der Waals surface area contributed by atoms with Crippen LogP contribution in [0.4, 0.5) is 4.79 Å². The van der Waals surface area contributed by atoms with Crippen molar-refractivity contribution >= 4 is 32.2 Å². The molecule has 6 nitrogen and oxygen atoms in total. The fraction of sp³-hybridized carbons (Fsp3) is 0.222. The topological polar surface area (TPSA) is 84.5 Å². The zero-order chi connectivity index (χ0) is 12.9. The van der Waals surface area contributed by atoms with E-state index in [9.17, 15) is 13.2 Å². The second-order valence-electron chi connectivity index (χ2n) is 3.01. The number of hydrogen-bond acceptors (Lipinski definition) is 4. The number of carbonyl (C=O) groups excluding carboxylic acids is 1. The summed E-state index contributed by atoms with van der Waals surface area (Å²) in [7, 11) is -2.82. The normalized spacial score (nSPS) is 10.9. The monoisotopic (exact) mass is 322 g/mol. The summed E-state index contributed by atoms with van der Waals surface area (Å²) in [5.41, 5.74) is 0.753. The number of ether oxygens (including phenoxy) is 1. The molecule has 1 rings (SSSR count). The van der Waals surface area contributed by atoms with Crippen LogP contribution < -0.4 is 9.44 Å². The Balaban J connectivity index is 2.62. The Morgan fingerprint density at radius 2 is 2.06 bits per heavy atom. The molecule has 2 N–H and O–H groups in total. The molecule has 0 saturated carbocycles. The smallest absolute Gasteiger partial charge is 0.421 e. The Kier molecular flexibility index (Phi) is 4.91. The summed E-state index contributed by atoms with van der Waals surface area (Å²) in [5.74, 6) is 0. The molecule has 0 radical (unpaired) electrons. The lowest BCUT2D eigenvalue weighted by Crippen LogP contribution is -2.39. The fourth-order valence-electron chi connectivity index (χ4n) is 1.00. The summed E-state index contributed by atoms with van der Waals surface area (Å²) in [6.07, 6.45) is -1.04. The highest BCUT2D eigenvalue weighted by atomic mass is 79.9. The van der Waals surface area contributed by atoms with E-state index in [1.54, 1.807) is 22.9 Å². The average Bonchev–Trinajstić information content (AvgIpc) is 2.27. The van der Waals surface area contributed by atoms with Crippen LogP contribution in [0.25, 0.3) is 0 Å². The molecule has 0 heterocycles. The first kappa shape index (κ1) is 13.9. The van der Waals surface area contributed by atoms with E-state index in [0.717, 1.165) is 17.1 Å². The van der Waals surface area contributed by atoms with Crippen LogP contribution in [0.15, 0.2) is 28.7 Å². The van der Waals surface area contributed by atoms with Crippen molar-refractivity contribution in [3.63, 3.8) is 0 Å². The van der Waals surface area contributed by atoms with Gasteiger partial charge in [-0.3, -0.25) is 0 Å².